The lowest BCUT2D eigenvalue weighted by Gasteiger charge is -2.35. The van der Waals surface area contributed by atoms with Crippen LogP contribution in [-0.2, 0) is 0 Å². The van der Waals surface area contributed by atoms with Crippen molar-refractivity contribution in [3.05, 3.63) is 71.3 Å². The van der Waals surface area contributed by atoms with E-state index in [0.717, 1.165) is 18.5 Å². The van der Waals surface area contributed by atoms with E-state index in [4.69, 9.17) is 15.7 Å². The molecule has 2 N–H and O–H groups in total. The lowest BCUT2D eigenvalue weighted by molar-refractivity contribution is 0.0502. The Morgan fingerprint density at radius 3 is 2.85 bits per heavy atom. The number of carbonyl (C=O) groups excluding carboxylic acids is 1. The van der Waals surface area contributed by atoms with E-state index >= 15 is 0 Å². The number of nitrogens with zero attached hydrogens (tertiary/aromatic N) is 5. The van der Waals surface area contributed by atoms with Crippen molar-refractivity contribution in [3.63, 3.8) is 0 Å². The minimum Gasteiger partial charge on any atom is -0.475 e. The summed E-state index contributed by atoms with van der Waals surface area (Å²) in [5, 5.41) is 9.12. The maximum Gasteiger partial charge on any atom is 0.273 e. The van der Waals surface area contributed by atoms with Crippen molar-refractivity contribution in [2.75, 3.05) is 13.2 Å². The summed E-state index contributed by atoms with van der Waals surface area (Å²) >= 11 is 0. The van der Waals surface area contributed by atoms with Crippen LogP contribution in [0.2, 0.25) is 0 Å². The minimum absolute atomic E-state index is 0.0962. The zero-order valence-corrected chi connectivity index (χ0v) is 19.4. The second-order valence-corrected chi connectivity index (χ2v) is 8.77. The van der Waals surface area contributed by atoms with Gasteiger partial charge in [0.05, 0.1) is 23.0 Å². The quantitative estimate of drug-likeness (QED) is 0.638. The van der Waals surface area contributed by atoms with Crippen LogP contribution >= 0.6 is 0 Å². The molecular weight excluding hydrogens is 428 g/mol. The number of aliphatic imine (C=N–C) groups is 1. The molecule has 2 fully saturated rings. The highest BCUT2D eigenvalue weighted by molar-refractivity contribution is 5.98. The third-order valence-electron chi connectivity index (χ3n) is 6.36. The standard InChI is InChI=1S/C26H28N6O2/c1-16-5-7-23(18(3)29-10-4-9-27)25(30-16)26(33)32-14-21-11-20(21)12-22(32)15-34-24-8-6-19(13-28)17(2)31-24/h4-10,20-22H,3,11-12,14-15,27H2,1-2H3/b9-4-,29-10-/t20-,21+,22+/m1/s1. The van der Waals surface area contributed by atoms with Gasteiger partial charge < -0.3 is 15.4 Å². The van der Waals surface area contributed by atoms with Crippen molar-refractivity contribution in [1.82, 2.24) is 14.9 Å². The van der Waals surface area contributed by atoms with E-state index in [0.29, 0.717) is 59.1 Å². The molecule has 2 aromatic rings. The number of piperidine rings is 1. The van der Waals surface area contributed by atoms with Gasteiger partial charge in [0.25, 0.3) is 5.91 Å². The topological polar surface area (TPSA) is 117 Å². The van der Waals surface area contributed by atoms with Gasteiger partial charge in [0.1, 0.15) is 18.4 Å². The highest BCUT2D eigenvalue weighted by Gasteiger charge is 2.47. The molecule has 1 amide bonds. The fourth-order valence-electron chi connectivity index (χ4n) is 4.37. The van der Waals surface area contributed by atoms with E-state index in [2.05, 4.69) is 27.6 Å². The Morgan fingerprint density at radius 2 is 2.12 bits per heavy atom. The van der Waals surface area contributed by atoms with Gasteiger partial charge in [-0.3, -0.25) is 9.79 Å². The minimum atomic E-state index is -0.146. The molecule has 1 saturated heterocycles. The van der Waals surface area contributed by atoms with E-state index in [1.54, 1.807) is 25.1 Å². The first-order chi connectivity index (χ1) is 16.4. The number of nitriles is 1. The Labute approximate surface area is 199 Å². The van der Waals surface area contributed by atoms with Gasteiger partial charge in [-0.2, -0.15) is 5.26 Å². The van der Waals surface area contributed by atoms with E-state index in [-0.39, 0.29) is 11.9 Å². The number of aryl methyl sites for hydroxylation is 2. The third kappa shape index (κ3) is 4.99. The predicted molar refractivity (Wildman–Crippen MR) is 130 cm³/mol. The molecule has 0 radical (unpaired) electrons. The Kier molecular flexibility index (Phi) is 6.73. The highest BCUT2D eigenvalue weighted by Crippen LogP contribution is 2.47. The summed E-state index contributed by atoms with van der Waals surface area (Å²) in [6, 6.07) is 9.09. The highest BCUT2D eigenvalue weighted by atomic mass is 16.5. The molecule has 1 aliphatic heterocycles. The van der Waals surface area contributed by atoms with Crippen LogP contribution in [0.5, 0.6) is 5.88 Å². The van der Waals surface area contributed by atoms with Crippen LogP contribution < -0.4 is 10.5 Å². The van der Waals surface area contributed by atoms with Gasteiger partial charge in [-0.25, -0.2) is 9.97 Å². The van der Waals surface area contributed by atoms with Gasteiger partial charge in [-0.1, -0.05) is 6.58 Å². The average molecular weight is 457 g/mol. The number of carbonyl (C=O) groups is 1. The summed E-state index contributed by atoms with van der Waals surface area (Å²) in [6.07, 6.45) is 6.52. The second-order valence-electron chi connectivity index (χ2n) is 8.77. The number of allylic oxidation sites excluding steroid dienone is 1. The fraction of sp³-hybridized carbons (Fsp3) is 0.346. The molecule has 3 heterocycles. The van der Waals surface area contributed by atoms with Crippen molar-refractivity contribution in [3.8, 4) is 11.9 Å². The molecule has 0 unspecified atom stereocenters. The molecule has 4 rings (SSSR count). The Bertz CT molecular complexity index is 1210. The summed E-state index contributed by atoms with van der Waals surface area (Å²) in [5.41, 5.74) is 8.64. The smallest absolute Gasteiger partial charge is 0.273 e. The lowest BCUT2D eigenvalue weighted by Crippen LogP contribution is -2.48. The molecule has 8 nitrogen and oxygen atoms in total. The number of aromatic nitrogens is 2. The van der Waals surface area contributed by atoms with E-state index in [1.807, 2.05) is 24.0 Å². The number of fused-ring (bicyclic) bond motifs is 1. The monoisotopic (exact) mass is 456 g/mol. The van der Waals surface area contributed by atoms with Crippen molar-refractivity contribution < 1.29 is 9.53 Å². The summed E-state index contributed by atoms with van der Waals surface area (Å²) < 4.78 is 5.98. The molecule has 0 spiro atoms. The van der Waals surface area contributed by atoms with Crippen molar-refractivity contribution in [2.24, 2.45) is 22.6 Å². The first-order valence-corrected chi connectivity index (χ1v) is 11.3. The van der Waals surface area contributed by atoms with Crippen molar-refractivity contribution in [1.29, 1.82) is 5.26 Å². The molecule has 0 aromatic carbocycles. The molecule has 174 valence electrons. The molecule has 2 aliphatic rings. The molecular formula is C26H28N6O2. The summed E-state index contributed by atoms with van der Waals surface area (Å²) in [6.45, 7) is 8.66. The van der Waals surface area contributed by atoms with Crippen molar-refractivity contribution >= 4 is 17.8 Å². The number of nitrogens with two attached hydrogens (primary N) is 1. The first-order valence-electron chi connectivity index (χ1n) is 11.3. The largest absolute Gasteiger partial charge is 0.475 e. The average Bonchev–Trinajstić information content (AvgIpc) is 3.60. The van der Waals surface area contributed by atoms with Crippen molar-refractivity contribution in [2.45, 2.75) is 32.7 Å². The number of pyridine rings is 2. The number of ether oxygens (including phenoxy) is 1. The van der Waals surface area contributed by atoms with Crippen LogP contribution in [0, 0.1) is 37.0 Å². The van der Waals surface area contributed by atoms with Crippen LogP contribution in [0.25, 0.3) is 5.70 Å². The number of hydrogen-bond donors (Lipinski definition) is 1. The SMILES string of the molecule is C=C(/N=C\C=C/N)c1ccc(C)nc1C(=O)N1C[C@@H]2C[C@@H]2C[C@H]1COc1ccc(C#N)c(C)n1. The number of rotatable bonds is 7. The molecule has 34 heavy (non-hydrogen) atoms. The van der Waals surface area contributed by atoms with Crippen LogP contribution in [0.15, 0.2) is 48.1 Å². The van der Waals surface area contributed by atoms with Crippen LogP contribution in [0.3, 0.4) is 0 Å². The van der Waals surface area contributed by atoms with E-state index in [1.165, 1.54) is 12.4 Å². The summed E-state index contributed by atoms with van der Waals surface area (Å²) in [7, 11) is 0. The second kappa shape index (κ2) is 9.87. The predicted octanol–water partition coefficient (Wildman–Crippen LogP) is 3.41. The maximum absolute atomic E-state index is 13.8. The van der Waals surface area contributed by atoms with Gasteiger partial charge in [-0.05, 0) is 69.0 Å². The van der Waals surface area contributed by atoms with Gasteiger partial charge in [-0.15, -0.1) is 0 Å². The zero-order valence-electron chi connectivity index (χ0n) is 19.4. The fourth-order valence-corrected chi connectivity index (χ4v) is 4.37. The maximum atomic E-state index is 13.8. The van der Waals surface area contributed by atoms with Gasteiger partial charge in [0.2, 0.25) is 5.88 Å². The summed E-state index contributed by atoms with van der Waals surface area (Å²) in [5.74, 6) is 1.46. The number of hydrogen-bond acceptors (Lipinski definition) is 7. The molecule has 1 saturated carbocycles. The molecule has 0 bridgehead atoms. The van der Waals surface area contributed by atoms with E-state index < -0.39 is 0 Å². The molecule has 8 heteroatoms. The number of amides is 1. The summed E-state index contributed by atoms with van der Waals surface area (Å²) in [4.78, 5) is 28.9. The van der Waals surface area contributed by atoms with Crippen LogP contribution in [0.4, 0.5) is 0 Å². The molecule has 2 aromatic heterocycles. The van der Waals surface area contributed by atoms with E-state index in [9.17, 15) is 4.79 Å². The third-order valence-corrected chi connectivity index (χ3v) is 6.36. The lowest BCUT2D eigenvalue weighted by atomic mass is 10.0. The van der Waals surface area contributed by atoms with Crippen LogP contribution in [-0.4, -0.2) is 46.2 Å². The normalized spacial score (nSPS) is 21.3. The van der Waals surface area contributed by atoms with Gasteiger partial charge in [0, 0.05) is 30.1 Å². The van der Waals surface area contributed by atoms with Crippen LogP contribution in [0.1, 0.15) is 45.8 Å². The van der Waals surface area contributed by atoms with Gasteiger partial charge in [0.15, 0.2) is 0 Å². The Morgan fingerprint density at radius 1 is 1.29 bits per heavy atom. The van der Waals surface area contributed by atoms with Gasteiger partial charge >= 0.3 is 0 Å². The molecule has 3 atom stereocenters. The Balaban J connectivity index is 1.56. The number of likely N-dealkylation sites (tertiary alicyclic amines) is 1. The molecule has 1 aliphatic carbocycles. The zero-order chi connectivity index (χ0) is 24.2. The first kappa shape index (κ1) is 23.2. The Hall–Kier alpha value is -3.99.